The quantitative estimate of drug-likeness (QED) is 0.916. The number of hydrogen-bond acceptors (Lipinski definition) is 2. The summed E-state index contributed by atoms with van der Waals surface area (Å²) in [7, 11) is 0. The number of benzene rings is 1. The zero-order valence-electron chi connectivity index (χ0n) is 10.2. The van der Waals surface area contributed by atoms with Crippen molar-refractivity contribution in [2.24, 2.45) is 0 Å². The molecule has 3 nitrogen and oxygen atoms in total. The number of hydrogen-bond donors (Lipinski definition) is 1. The second-order valence-corrected chi connectivity index (χ2v) is 4.72. The molecule has 2 rings (SSSR count). The molecular weight excluding hydrogens is 255 g/mol. The molecule has 18 heavy (non-hydrogen) atoms. The summed E-state index contributed by atoms with van der Waals surface area (Å²) < 4.78 is 13.9. The number of piperidine rings is 1. The Kier molecular flexibility index (Phi) is 4.19. The Morgan fingerprint density at radius 3 is 3.06 bits per heavy atom. The summed E-state index contributed by atoms with van der Waals surface area (Å²) in [6.07, 6.45) is 1.65. The van der Waals surface area contributed by atoms with Crippen molar-refractivity contribution in [3.05, 3.63) is 29.0 Å². The Bertz CT molecular complexity index is 451. The molecule has 0 spiro atoms. The van der Waals surface area contributed by atoms with Crippen LogP contribution in [0.25, 0.3) is 0 Å². The molecule has 1 aliphatic heterocycles. The van der Waals surface area contributed by atoms with Crippen molar-refractivity contribution < 1.29 is 9.18 Å². The average Bonchev–Trinajstić information content (AvgIpc) is 2.36. The van der Waals surface area contributed by atoms with Gasteiger partial charge in [-0.2, -0.15) is 0 Å². The third kappa shape index (κ3) is 2.49. The molecule has 0 bridgehead atoms. The number of nitrogens with zero attached hydrogens (tertiary/aromatic N) is 1. The van der Waals surface area contributed by atoms with Gasteiger partial charge in [0.2, 0.25) is 5.91 Å². The first-order valence-corrected chi connectivity index (χ1v) is 6.51. The maximum Gasteiger partial charge on any atom is 0.244 e. The number of nitrogens with one attached hydrogen (secondary N) is 1. The zero-order valence-corrected chi connectivity index (χ0v) is 11.0. The van der Waals surface area contributed by atoms with Gasteiger partial charge >= 0.3 is 0 Å². The van der Waals surface area contributed by atoms with Crippen molar-refractivity contribution in [3.8, 4) is 0 Å². The van der Waals surface area contributed by atoms with Crippen molar-refractivity contribution in [1.29, 1.82) is 0 Å². The van der Waals surface area contributed by atoms with Gasteiger partial charge in [0.15, 0.2) is 5.82 Å². The van der Waals surface area contributed by atoms with Crippen molar-refractivity contribution >= 4 is 23.2 Å². The normalized spacial score (nSPS) is 20.3. The van der Waals surface area contributed by atoms with E-state index < -0.39 is 5.82 Å². The smallest absolute Gasteiger partial charge is 0.244 e. The van der Waals surface area contributed by atoms with E-state index in [0.29, 0.717) is 6.54 Å². The van der Waals surface area contributed by atoms with E-state index in [0.717, 1.165) is 19.4 Å². The molecule has 98 valence electrons. The summed E-state index contributed by atoms with van der Waals surface area (Å²) in [5.41, 5.74) is 0.273. The van der Waals surface area contributed by atoms with Gasteiger partial charge in [-0.3, -0.25) is 4.79 Å². The van der Waals surface area contributed by atoms with Crippen LogP contribution >= 0.6 is 11.6 Å². The van der Waals surface area contributed by atoms with Crippen molar-refractivity contribution in [3.63, 3.8) is 0 Å². The highest BCUT2D eigenvalue weighted by Gasteiger charge is 2.30. The first-order valence-electron chi connectivity index (χ1n) is 6.14. The fourth-order valence-electron chi connectivity index (χ4n) is 2.25. The first kappa shape index (κ1) is 13.3. The average molecular weight is 271 g/mol. The molecule has 5 heteroatoms. The summed E-state index contributed by atoms with van der Waals surface area (Å²) >= 11 is 5.75. The molecule has 0 saturated carbocycles. The van der Waals surface area contributed by atoms with Crippen LogP contribution in [0.2, 0.25) is 5.02 Å². The highest BCUT2D eigenvalue weighted by atomic mass is 35.5. The van der Waals surface area contributed by atoms with Gasteiger partial charge < -0.3 is 10.2 Å². The number of amides is 1. The lowest BCUT2D eigenvalue weighted by Crippen LogP contribution is -2.51. The number of carbonyl (C=O) groups excluding carboxylic acids is 1. The molecule has 1 fully saturated rings. The third-order valence-corrected chi connectivity index (χ3v) is 3.40. The third-order valence-electron chi connectivity index (χ3n) is 3.11. The van der Waals surface area contributed by atoms with Crippen molar-refractivity contribution in [2.75, 3.05) is 18.0 Å². The van der Waals surface area contributed by atoms with Gasteiger partial charge in [0, 0.05) is 6.54 Å². The zero-order chi connectivity index (χ0) is 13.1. The maximum atomic E-state index is 13.9. The molecule has 1 N–H and O–H groups in total. The Balaban J connectivity index is 2.27. The topological polar surface area (TPSA) is 32.3 Å². The van der Waals surface area contributed by atoms with E-state index in [1.54, 1.807) is 12.1 Å². The van der Waals surface area contributed by atoms with Gasteiger partial charge in [-0.05, 0) is 31.5 Å². The molecule has 0 radical (unpaired) electrons. The first-order chi connectivity index (χ1) is 8.65. The SMILES string of the molecule is CCNC1CCCN(c2cccc(Cl)c2F)C1=O. The number of rotatable bonds is 3. The highest BCUT2D eigenvalue weighted by Crippen LogP contribution is 2.28. The molecule has 1 unspecified atom stereocenters. The maximum absolute atomic E-state index is 13.9. The van der Waals surface area contributed by atoms with Crippen molar-refractivity contribution in [2.45, 2.75) is 25.8 Å². The molecule has 1 heterocycles. The van der Waals surface area contributed by atoms with E-state index in [2.05, 4.69) is 5.32 Å². The van der Waals surface area contributed by atoms with E-state index in [1.807, 2.05) is 6.92 Å². The van der Waals surface area contributed by atoms with Crippen LogP contribution in [-0.4, -0.2) is 25.0 Å². The fourth-order valence-corrected chi connectivity index (χ4v) is 2.42. The Labute approximate surface area is 111 Å². The highest BCUT2D eigenvalue weighted by molar-refractivity contribution is 6.31. The lowest BCUT2D eigenvalue weighted by atomic mass is 10.0. The van der Waals surface area contributed by atoms with E-state index in [4.69, 9.17) is 11.6 Å². The van der Waals surface area contributed by atoms with Crippen molar-refractivity contribution in [1.82, 2.24) is 5.32 Å². The summed E-state index contributed by atoms with van der Waals surface area (Å²) in [5, 5.41) is 3.17. The minimum Gasteiger partial charge on any atom is -0.308 e. The minimum absolute atomic E-state index is 0.0471. The summed E-state index contributed by atoms with van der Waals surface area (Å²) in [5.74, 6) is -0.603. The van der Waals surface area contributed by atoms with E-state index in [1.165, 1.54) is 11.0 Å². The molecule has 1 aromatic rings. The molecule has 1 atom stereocenters. The number of likely N-dealkylation sites (N-methyl/N-ethyl adjacent to an activating group) is 1. The van der Waals surface area contributed by atoms with Gasteiger partial charge in [0.05, 0.1) is 16.8 Å². The van der Waals surface area contributed by atoms with Crippen LogP contribution in [-0.2, 0) is 4.79 Å². The standard InChI is InChI=1S/C13H16ClFN2O/c1-2-16-10-6-4-8-17(13(10)18)11-7-3-5-9(14)12(11)15/h3,5,7,10,16H,2,4,6,8H2,1H3. The van der Waals surface area contributed by atoms with Crippen LogP contribution in [0.1, 0.15) is 19.8 Å². The van der Waals surface area contributed by atoms with Crippen LogP contribution < -0.4 is 10.2 Å². The van der Waals surface area contributed by atoms with E-state index in [9.17, 15) is 9.18 Å². The molecule has 0 aromatic heterocycles. The van der Waals surface area contributed by atoms with Crippen LogP contribution in [0, 0.1) is 5.82 Å². The van der Waals surface area contributed by atoms with Crippen LogP contribution in [0.4, 0.5) is 10.1 Å². The number of anilines is 1. The van der Waals surface area contributed by atoms with Crippen LogP contribution in [0.5, 0.6) is 0 Å². The molecule has 1 aromatic carbocycles. The van der Waals surface area contributed by atoms with Crippen LogP contribution in [0.3, 0.4) is 0 Å². The fraction of sp³-hybridized carbons (Fsp3) is 0.462. The lowest BCUT2D eigenvalue weighted by Gasteiger charge is -2.32. The van der Waals surface area contributed by atoms with Gasteiger partial charge in [-0.25, -0.2) is 4.39 Å². The molecule has 0 aliphatic carbocycles. The minimum atomic E-state index is -0.523. The van der Waals surface area contributed by atoms with Crippen LogP contribution in [0.15, 0.2) is 18.2 Å². The molecule has 1 aliphatic rings. The summed E-state index contributed by atoms with van der Waals surface area (Å²) in [6, 6.07) is 4.51. The van der Waals surface area contributed by atoms with E-state index in [-0.39, 0.29) is 22.7 Å². The van der Waals surface area contributed by atoms with E-state index >= 15 is 0 Å². The molecular formula is C13H16ClFN2O. The largest absolute Gasteiger partial charge is 0.308 e. The second-order valence-electron chi connectivity index (χ2n) is 4.32. The summed E-state index contributed by atoms with van der Waals surface area (Å²) in [4.78, 5) is 13.7. The summed E-state index contributed by atoms with van der Waals surface area (Å²) in [6.45, 7) is 3.21. The van der Waals surface area contributed by atoms with Gasteiger partial charge in [-0.15, -0.1) is 0 Å². The number of halogens is 2. The van der Waals surface area contributed by atoms with Gasteiger partial charge in [0.25, 0.3) is 0 Å². The van der Waals surface area contributed by atoms with Gasteiger partial charge in [-0.1, -0.05) is 24.6 Å². The second kappa shape index (κ2) is 5.67. The molecule has 1 amide bonds. The predicted octanol–water partition coefficient (Wildman–Crippen LogP) is 2.58. The monoisotopic (exact) mass is 270 g/mol. The Morgan fingerprint density at radius 2 is 2.33 bits per heavy atom. The number of carbonyl (C=O) groups is 1. The molecule has 1 saturated heterocycles. The Hall–Kier alpha value is -1.13. The predicted molar refractivity (Wildman–Crippen MR) is 70.5 cm³/mol. The van der Waals surface area contributed by atoms with Gasteiger partial charge in [0.1, 0.15) is 0 Å². The Morgan fingerprint density at radius 1 is 1.56 bits per heavy atom. The lowest BCUT2D eigenvalue weighted by molar-refractivity contribution is -0.121.